The van der Waals surface area contributed by atoms with E-state index in [9.17, 15) is 9.59 Å². The summed E-state index contributed by atoms with van der Waals surface area (Å²) in [7, 11) is 0. The Morgan fingerprint density at radius 3 is 2.31 bits per heavy atom. The molecule has 0 spiro atoms. The highest BCUT2D eigenvalue weighted by Gasteiger charge is 2.44. The first kappa shape index (κ1) is 26.0. The number of Topliss-reactive ketones (excluding diaryl/α,β-unsaturated/α-hetero) is 1. The van der Waals surface area contributed by atoms with Crippen LogP contribution in [0.2, 0.25) is 0 Å². The molecule has 3 unspecified atom stereocenters. The van der Waals surface area contributed by atoms with Crippen LogP contribution in [-0.4, -0.2) is 24.1 Å². The van der Waals surface area contributed by atoms with Crippen LogP contribution in [0.25, 0.3) is 0 Å². The Hall–Kier alpha value is -2.23. The van der Waals surface area contributed by atoms with Crippen LogP contribution in [0, 0.1) is 17.8 Å². The van der Waals surface area contributed by atoms with Gasteiger partial charge < -0.3 is 4.74 Å². The molecule has 1 aromatic rings. The summed E-state index contributed by atoms with van der Waals surface area (Å²) >= 11 is 0. The molecular formula is C28H41NO3. The summed E-state index contributed by atoms with van der Waals surface area (Å²) in [5.74, 6) is 0.517. The number of ether oxygens (including phenoxy) is 1. The number of hydrogen-bond donors (Lipinski definition) is 0. The number of hydrogen-bond acceptors (Lipinski definition) is 4. The van der Waals surface area contributed by atoms with E-state index in [4.69, 9.17) is 9.73 Å². The molecule has 0 N–H and O–H groups in total. The zero-order chi connectivity index (χ0) is 23.7. The van der Waals surface area contributed by atoms with Gasteiger partial charge in [0.2, 0.25) is 0 Å². The zero-order valence-corrected chi connectivity index (χ0v) is 20.8. The second-order valence-corrected chi connectivity index (χ2v) is 8.34. The molecule has 1 fully saturated rings. The Balaban J connectivity index is 0.000000860. The first-order valence-electron chi connectivity index (χ1n) is 12.6. The maximum Gasteiger partial charge on any atom is 0.309 e. The number of rotatable bonds is 5. The molecule has 4 heteroatoms. The molecule has 176 valence electrons. The lowest BCUT2D eigenvalue weighted by atomic mass is 9.63. The zero-order valence-electron chi connectivity index (χ0n) is 20.8. The first-order chi connectivity index (χ1) is 15.6. The van der Waals surface area contributed by atoms with Crippen LogP contribution in [0.4, 0.5) is 0 Å². The van der Waals surface area contributed by atoms with E-state index in [1.807, 2.05) is 47.6 Å². The third-order valence-electron chi connectivity index (χ3n) is 6.69. The van der Waals surface area contributed by atoms with Gasteiger partial charge >= 0.3 is 5.97 Å². The Bertz CT molecular complexity index is 820. The second-order valence-electron chi connectivity index (χ2n) is 8.34. The molecule has 0 saturated heterocycles. The SMILES string of the molecule is CC.CC.CCOC(=O)C1CCC2=C(C1)N=C(C)C(C(c1ccccc1)C1CCC1)C2=O. The minimum absolute atomic E-state index is 0.159. The van der Waals surface area contributed by atoms with E-state index in [-0.39, 0.29) is 29.5 Å². The predicted octanol–water partition coefficient (Wildman–Crippen LogP) is 6.90. The molecule has 0 aromatic heterocycles. The molecule has 1 aromatic carbocycles. The average molecular weight is 440 g/mol. The lowest BCUT2D eigenvalue weighted by molar-refractivity contribution is -0.148. The van der Waals surface area contributed by atoms with Crippen molar-refractivity contribution in [1.29, 1.82) is 0 Å². The molecule has 4 rings (SSSR count). The number of nitrogens with zero attached hydrogens (tertiary/aromatic N) is 1. The van der Waals surface area contributed by atoms with Gasteiger partial charge in [0.25, 0.3) is 0 Å². The molecule has 2 aliphatic carbocycles. The molecule has 1 aliphatic heterocycles. The average Bonchev–Trinajstić information content (AvgIpc) is 2.80. The fourth-order valence-electron chi connectivity index (χ4n) is 5.06. The highest BCUT2D eigenvalue weighted by Crippen LogP contribution is 2.47. The molecule has 4 nitrogen and oxygen atoms in total. The Morgan fingerprint density at radius 1 is 1.09 bits per heavy atom. The summed E-state index contributed by atoms with van der Waals surface area (Å²) in [6, 6.07) is 10.5. The largest absolute Gasteiger partial charge is 0.466 e. The van der Waals surface area contributed by atoms with E-state index >= 15 is 0 Å². The molecule has 1 saturated carbocycles. The van der Waals surface area contributed by atoms with E-state index in [0.29, 0.717) is 31.8 Å². The van der Waals surface area contributed by atoms with Crippen LogP contribution in [0.5, 0.6) is 0 Å². The quantitative estimate of drug-likeness (QED) is 0.469. The van der Waals surface area contributed by atoms with Crippen LogP contribution < -0.4 is 0 Å². The van der Waals surface area contributed by atoms with Crippen molar-refractivity contribution in [1.82, 2.24) is 0 Å². The van der Waals surface area contributed by atoms with Gasteiger partial charge in [-0.1, -0.05) is 64.4 Å². The highest BCUT2D eigenvalue weighted by atomic mass is 16.5. The van der Waals surface area contributed by atoms with Crippen LogP contribution in [-0.2, 0) is 14.3 Å². The maximum absolute atomic E-state index is 13.6. The topological polar surface area (TPSA) is 55.7 Å². The number of ketones is 1. The molecule has 0 amide bonds. The molecule has 0 bridgehead atoms. The molecule has 3 aliphatic rings. The standard InChI is InChI=1S/C24H29NO3.2C2H6/c1-3-28-24(27)18-12-13-19-20(14-18)25-15(2)21(23(19)26)22(17-10-7-11-17)16-8-5-4-6-9-16;2*1-2/h4-6,8-9,17-18,21-22H,3,7,10-14H2,1-2H3;2*1-2H3. The Kier molecular flexibility index (Phi) is 10.3. The van der Waals surface area contributed by atoms with Crippen LogP contribution in [0.3, 0.4) is 0 Å². The van der Waals surface area contributed by atoms with Crippen molar-refractivity contribution >= 4 is 17.5 Å². The van der Waals surface area contributed by atoms with Crippen molar-refractivity contribution < 1.29 is 14.3 Å². The highest BCUT2D eigenvalue weighted by molar-refractivity contribution is 6.15. The fraction of sp³-hybridized carbons (Fsp3) is 0.607. The summed E-state index contributed by atoms with van der Waals surface area (Å²) in [5, 5.41) is 0. The fourth-order valence-corrected chi connectivity index (χ4v) is 5.06. The van der Waals surface area contributed by atoms with Gasteiger partial charge in [-0.2, -0.15) is 0 Å². The van der Waals surface area contributed by atoms with Gasteiger partial charge in [0.05, 0.1) is 18.4 Å². The van der Waals surface area contributed by atoms with E-state index in [0.717, 1.165) is 17.0 Å². The van der Waals surface area contributed by atoms with Crippen molar-refractivity contribution in [3.8, 4) is 0 Å². The summed E-state index contributed by atoms with van der Waals surface area (Å²) in [6.07, 6.45) is 5.48. The van der Waals surface area contributed by atoms with E-state index in [1.54, 1.807) is 0 Å². The third kappa shape index (κ3) is 5.57. The number of esters is 1. The van der Waals surface area contributed by atoms with Crippen LogP contribution >= 0.6 is 0 Å². The molecule has 32 heavy (non-hydrogen) atoms. The van der Waals surface area contributed by atoms with Crippen molar-refractivity contribution in [3.63, 3.8) is 0 Å². The minimum atomic E-state index is -0.170. The summed E-state index contributed by atoms with van der Waals surface area (Å²) in [4.78, 5) is 30.6. The van der Waals surface area contributed by atoms with E-state index in [2.05, 4.69) is 24.3 Å². The van der Waals surface area contributed by atoms with Gasteiger partial charge in [-0.25, -0.2) is 0 Å². The van der Waals surface area contributed by atoms with Crippen molar-refractivity contribution in [3.05, 3.63) is 47.2 Å². The molecular weight excluding hydrogens is 398 g/mol. The lowest BCUT2D eigenvalue weighted by Gasteiger charge is -2.41. The summed E-state index contributed by atoms with van der Waals surface area (Å²) in [6.45, 7) is 12.2. The summed E-state index contributed by atoms with van der Waals surface area (Å²) < 4.78 is 5.19. The Labute approximate surface area is 194 Å². The number of carbonyl (C=O) groups is 2. The number of benzene rings is 1. The number of allylic oxidation sites excluding steroid dienone is 2. The van der Waals surface area contributed by atoms with Gasteiger partial charge in [0.15, 0.2) is 5.78 Å². The lowest BCUT2D eigenvalue weighted by Crippen LogP contribution is -2.39. The van der Waals surface area contributed by atoms with Gasteiger partial charge in [-0.05, 0) is 51.0 Å². The van der Waals surface area contributed by atoms with Crippen molar-refractivity contribution in [2.24, 2.45) is 22.7 Å². The Morgan fingerprint density at radius 2 is 1.75 bits per heavy atom. The monoisotopic (exact) mass is 439 g/mol. The molecule has 0 radical (unpaired) electrons. The molecule has 3 atom stereocenters. The van der Waals surface area contributed by atoms with Gasteiger partial charge in [0.1, 0.15) is 0 Å². The minimum Gasteiger partial charge on any atom is -0.466 e. The van der Waals surface area contributed by atoms with E-state index in [1.165, 1.54) is 24.8 Å². The van der Waals surface area contributed by atoms with Crippen molar-refractivity contribution in [2.75, 3.05) is 6.61 Å². The van der Waals surface area contributed by atoms with E-state index < -0.39 is 0 Å². The second kappa shape index (κ2) is 12.7. The van der Waals surface area contributed by atoms with Crippen LogP contribution in [0.1, 0.15) is 91.5 Å². The normalized spacial score (nSPS) is 23.3. The number of aliphatic imine (C=N–C) groups is 1. The third-order valence-corrected chi connectivity index (χ3v) is 6.69. The van der Waals surface area contributed by atoms with Gasteiger partial charge in [0, 0.05) is 29.3 Å². The van der Waals surface area contributed by atoms with Crippen molar-refractivity contribution in [2.45, 2.75) is 86.0 Å². The summed E-state index contributed by atoms with van der Waals surface area (Å²) in [5.41, 5.74) is 3.85. The van der Waals surface area contributed by atoms with Gasteiger partial charge in [-0.15, -0.1) is 0 Å². The maximum atomic E-state index is 13.6. The van der Waals surface area contributed by atoms with Crippen LogP contribution in [0.15, 0.2) is 46.6 Å². The van der Waals surface area contributed by atoms with Gasteiger partial charge in [-0.3, -0.25) is 14.6 Å². The molecule has 1 heterocycles. The predicted molar refractivity (Wildman–Crippen MR) is 132 cm³/mol. The number of carbonyl (C=O) groups excluding carboxylic acids is 2. The first-order valence-corrected chi connectivity index (χ1v) is 12.6. The smallest absolute Gasteiger partial charge is 0.309 e.